The maximum absolute atomic E-state index is 12.6. The van der Waals surface area contributed by atoms with E-state index in [0.717, 1.165) is 43.5 Å². The Hall–Kier alpha value is -2.63. The van der Waals surface area contributed by atoms with Crippen molar-refractivity contribution in [2.45, 2.75) is 51.1 Å². The summed E-state index contributed by atoms with van der Waals surface area (Å²) in [6, 6.07) is 11.8. The maximum atomic E-state index is 12.6. The lowest BCUT2D eigenvalue weighted by Crippen LogP contribution is -2.45. The summed E-state index contributed by atoms with van der Waals surface area (Å²) in [6.45, 7) is 1.98. The van der Waals surface area contributed by atoms with Gasteiger partial charge in [0.2, 0.25) is 5.91 Å². The van der Waals surface area contributed by atoms with Crippen molar-refractivity contribution in [1.29, 1.82) is 0 Å². The number of hydrogen-bond donors (Lipinski definition) is 1. The largest absolute Gasteiger partial charge is 0.369 e. The Morgan fingerprint density at radius 1 is 1.11 bits per heavy atom. The van der Waals surface area contributed by atoms with Crippen LogP contribution >= 0.6 is 0 Å². The number of aromatic nitrogens is 2. The molecule has 4 rings (SSSR count). The zero-order chi connectivity index (χ0) is 19.3. The Bertz CT molecular complexity index is 858. The molecule has 1 saturated heterocycles. The van der Waals surface area contributed by atoms with E-state index < -0.39 is 0 Å². The average molecular weight is 380 g/mol. The van der Waals surface area contributed by atoms with Crippen LogP contribution in [0.3, 0.4) is 0 Å². The normalized spacial score (nSPS) is 20.3. The van der Waals surface area contributed by atoms with Gasteiger partial charge in [-0.15, -0.1) is 0 Å². The van der Waals surface area contributed by atoms with E-state index in [2.05, 4.69) is 15.3 Å². The molecule has 2 heterocycles. The van der Waals surface area contributed by atoms with Gasteiger partial charge in [-0.1, -0.05) is 43.2 Å². The van der Waals surface area contributed by atoms with Crippen LogP contribution in [0, 0.1) is 5.92 Å². The van der Waals surface area contributed by atoms with Crippen LogP contribution in [0.25, 0.3) is 0 Å². The predicted octanol–water partition coefficient (Wildman–Crippen LogP) is 2.57. The minimum Gasteiger partial charge on any atom is -0.369 e. The van der Waals surface area contributed by atoms with Gasteiger partial charge < -0.3 is 10.2 Å². The van der Waals surface area contributed by atoms with Crippen LogP contribution in [0.5, 0.6) is 0 Å². The molecule has 2 aromatic rings. The first-order chi connectivity index (χ1) is 13.7. The number of anilines is 1. The fourth-order valence-electron chi connectivity index (χ4n) is 4.29. The van der Waals surface area contributed by atoms with Gasteiger partial charge in [-0.3, -0.25) is 9.59 Å². The number of piperidine rings is 1. The van der Waals surface area contributed by atoms with Crippen molar-refractivity contribution in [3.05, 3.63) is 58.5 Å². The molecule has 2 fully saturated rings. The van der Waals surface area contributed by atoms with Gasteiger partial charge in [0.15, 0.2) is 0 Å². The molecule has 2 aliphatic rings. The lowest BCUT2D eigenvalue weighted by atomic mass is 9.96. The molecule has 0 radical (unpaired) electrons. The summed E-state index contributed by atoms with van der Waals surface area (Å²) in [5, 5.41) is 7.59. The van der Waals surface area contributed by atoms with E-state index in [1.165, 1.54) is 17.5 Å². The molecule has 1 aliphatic heterocycles. The van der Waals surface area contributed by atoms with E-state index in [1.54, 1.807) is 12.3 Å². The third-order valence-electron chi connectivity index (χ3n) is 5.89. The summed E-state index contributed by atoms with van der Waals surface area (Å²) in [7, 11) is 0. The molecule has 28 heavy (non-hydrogen) atoms. The third kappa shape index (κ3) is 4.43. The Labute approximate surface area is 165 Å². The first kappa shape index (κ1) is 18.7. The van der Waals surface area contributed by atoms with Crippen molar-refractivity contribution in [2.75, 3.05) is 18.0 Å². The molecule has 6 heteroatoms. The van der Waals surface area contributed by atoms with E-state index in [0.29, 0.717) is 19.1 Å². The van der Waals surface area contributed by atoms with Gasteiger partial charge in [0.25, 0.3) is 5.56 Å². The van der Waals surface area contributed by atoms with Gasteiger partial charge in [-0.2, -0.15) is 5.10 Å². The smallest absolute Gasteiger partial charge is 0.269 e. The lowest BCUT2D eigenvalue weighted by Gasteiger charge is -2.34. The van der Waals surface area contributed by atoms with E-state index in [4.69, 9.17) is 0 Å². The lowest BCUT2D eigenvalue weighted by molar-refractivity contribution is -0.125. The monoisotopic (exact) mass is 380 g/mol. The van der Waals surface area contributed by atoms with Gasteiger partial charge >= 0.3 is 0 Å². The van der Waals surface area contributed by atoms with Crippen molar-refractivity contribution in [3.8, 4) is 0 Å². The Morgan fingerprint density at radius 3 is 2.64 bits per heavy atom. The Balaban J connectivity index is 1.41. The first-order valence-corrected chi connectivity index (χ1v) is 10.4. The molecule has 148 valence electrons. The van der Waals surface area contributed by atoms with Crippen LogP contribution in [-0.2, 0) is 11.3 Å². The number of carbonyl (C=O) groups is 1. The molecule has 1 atom stereocenters. The minimum absolute atomic E-state index is 0.0129. The second kappa shape index (κ2) is 8.59. The summed E-state index contributed by atoms with van der Waals surface area (Å²) in [4.78, 5) is 27.3. The second-order valence-electron chi connectivity index (χ2n) is 7.97. The van der Waals surface area contributed by atoms with Crippen molar-refractivity contribution in [1.82, 2.24) is 15.1 Å². The highest BCUT2D eigenvalue weighted by molar-refractivity contribution is 5.80. The van der Waals surface area contributed by atoms with Crippen LogP contribution in [0.15, 0.2) is 47.4 Å². The van der Waals surface area contributed by atoms with Gasteiger partial charge in [0.05, 0.1) is 24.3 Å². The molecule has 1 amide bonds. The number of benzene rings is 1. The third-order valence-corrected chi connectivity index (χ3v) is 5.89. The molecule has 1 saturated carbocycles. The molecule has 0 spiro atoms. The van der Waals surface area contributed by atoms with E-state index >= 15 is 0 Å². The molecule has 1 aromatic carbocycles. The first-order valence-electron chi connectivity index (χ1n) is 10.4. The minimum atomic E-state index is -0.112. The summed E-state index contributed by atoms with van der Waals surface area (Å²) < 4.78 is 1.48. The Morgan fingerprint density at radius 2 is 1.89 bits per heavy atom. The highest BCUT2D eigenvalue weighted by Gasteiger charge is 2.28. The van der Waals surface area contributed by atoms with Crippen molar-refractivity contribution < 1.29 is 4.79 Å². The fraction of sp³-hybridized carbons (Fsp3) is 0.500. The van der Waals surface area contributed by atoms with Crippen LogP contribution in [0.2, 0.25) is 0 Å². The number of rotatable bonds is 5. The fourth-order valence-corrected chi connectivity index (χ4v) is 4.29. The number of amides is 1. The van der Waals surface area contributed by atoms with Crippen molar-refractivity contribution in [2.24, 2.45) is 5.92 Å². The highest BCUT2D eigenvalue weighted by Crippen LogP contribution is 2.23. The molecule has 1 unspecified atom stereocenters. The zero-order valence-corrected chi connectivity index (χ0v) is 16.2. The van der Waals surface area contributed by atoms with Crippen LogP contribution in [0.1, 0.15) is 44.1 Å². The number of nitrogens with zero attached hydrogens (tertiary/aromatic N) is 3. The summed E-state index contributed by atoms with van der Waals surface area (Å²) in [6.07, 6.45) is 8.25. The maximum Gasteiger partial charge on any atom is 0.269 e. The van der Waals surface area contributed by atoms with Gasteiger partial charge in [0.1, 0.15) is 0 Å². The quantitative estimate of drug-likeness (QED) is 0.866. The van der Waals surface area contributed by atoms with Crippen LogP contribution in [0.4, 0.5) is 5.69 Å². The van der Waals surface area contributed by atoms with E-state index in [-0.39, 0.29) is 17.4 Å². The number of carbonyl (C=O) groups excluding carboxylic acids is 1. The number of hydrogen-bond acceptors (Lipinski definition) is 4. The SMILES string of the molecule is O=C(NC1CCCC1)C1CCCN(c2cnn(Cc3ccccc3)c(=O)c2)C1. The van der Waals surface area contributed by atoms with Gasteiger partial charge in [-0.05, 0) is 31.2 Å². The second-order valence-corrected chi connectivity index (χ2v) is 7.97. The molecule has 1 aliphatic carbocycles. The van der Waals surface area contributed by atoms with Crippen LogP contribution in [-0.4, -0.2) is 34.8 Å². The predicted molar refractivity (Wildman–Crippen MR) is 109 cm³/mol. The summed E-state index contributed by atoms with van der Waals surface area (Å²) in [5.74, 6) is 0.156. The van der Waals surface area contributed by atoms with E-state index in [1.807, 2.05) is 30.3 Å². The van der Waals surface area contributed by atoms with Gasteiger partial charge in [0, 0.05) is 25.2 Å². The number of nitrogens with one attached hydrogen (secondary N) is 1. The molecule has 0 bridgehead atoms. The molecular weight excluding hydrogens is 352 g/mol. The van der Waals surface area contributed by atoms with Crippen LogP contribution < -0.4 is 15.8 Å². The standard InChI is InChI=1S/C22H28N4O2/c27-21-13-20(14-23-26(21)15-17-7-2-1-3-8-17)25-12-6-9-18(16-25)22(28)24-19-10-4-5-11-19/h1-3,7-8,13-14,18-19H,4-6,9-12,15-16H2,(H,24,28). The van der Waals surface area contributed by atoms with Crippen molar-refractivity contribution >= 4 is 11.6 Å². The highest BCUT2D eigenvalue weighted by atomic mass is 16.2. The molecule has 6 nitrogen and oxygen atoms in total. The topological polar surface area (TPSA) is 67.2 Å². The molecular formula is C22H28N4O2. The summed E-state index contributed by atoms with van der Waals surface area (Å²) >= 11 is 0. The van der Waals surface area contributed by atoms with E-state index in [9.17, 15) is 9.59 Å². The average Bonchev–Trinajstić information content (AvgIpc) is 3.23. The Kier molecular flexibility index (Phi) is 5.74. The molecule has 1 N–H and O–H groups in total. The summed E-state index contributed by atoms with van der Waals surface area (Å²) in [5.41, 5.74) is 1.75. The zero-order valence-electron chi connectivity index (χ0n) is 16.2. The van der Waals surface area contributed by atoms with Crippen molar-refractivity contribution in [3.63, 3.8) is 0 Å². The molecule has 1 aromatic heterocycles. The van der Waals surface area contributed by atoms with Gasteiger partial charge in [-0.25, -0.2) is 4.68 Å².